The third kappa shape index (κ3) is 6.56. The molecule has 1 saturated heterocycles. The fourth-order valence-electron chi connectivity index (χ4n) is 2.88. The molecule has 7 N–H and O–H groups in total. The number of anilines is 1. The van der Waals surface area contributed by atoms with E-state index in [4.69, 9.17) is 30.8 Å². The number of hydrogen-bond acceptors (Lipinski definition) is 13. The first-order chi connectivity index (χ1) is 17.0. The van der Waals surface area contributed by atoms with Crippen LogP contribution >= 0.6 is 11.3 Å². The predicted octanol–water partition coefficient (Wildman–Crippen LogP) is -0.931. The highest BCUT2D eigenvalue weighted by molar-refractivity contribution is 7.80. The molecule has 2 aromatic rings. The normalized spacial score (nSPS) is 18.5. The number of nitrogens with two attached hydrogens (primary N) is 2. The van der Waals surface area contributed by atoms with Crippen molar-refractivity contribution in [1.29, 1.82) is 0 Å². The van der Waals surface area contributed by atoms with Crippen molar-refractivity contribution >= 4 is 50.2 Å². The summed E-state index contributed by atoms with van der Waals surface area (Å²) < 4.78 is 40.1. The Labute approximate surface area is 208 Å². The molecular formula is C18H21N7O9S2. The summed E-state index contributed by atoms with van der Waals surface area (Å²) >= 11 is 1.05. The lowest BCUT2D eigenvalue weighted by atomic mass is 10.00. The smallest absolute Gasteiger partial charge is 0.418 e. The molecule has 0 bridgehead atoms. The van der Waals surface area contributed by atoms with Crippen molar-refractivity contribution in [1.82, 2.24) is 15.4 Å². The molecule has 3 rings (SSSR count). The van der Waals surface area contributed by atoms with Crippen LogP contribution in [0.3, 0.4) is 0 Å². The number of hydroxylamine groups is 2. The molecule has 1 aliphatic heterocycles. The number of β-lactam (4-membered cyclic amide) rings is 1. The van der Waals surface area contributed by atoms with Crippen LogP contribution in [0, 0.1) is 0 Å². The molecular weight excluding hydrogens is 522 g/mol. The number of nitrogen functional groups attached to an aromatic ring is 1. The lowest BCUT2D eigenvalue weighted by Crippen LogP contribution is -2.70. The Kier molecular flexibility index (Phi) is 8.25. The van der Waals surface area contributed by atoms with Crippen LogP contribution in [0.4, 0.5) is 5.13 Å². The van der Waals surface area contributed by atoms with Gasteiger partial charge in [-0.25, -0.2) is 4.98 Å². The molecule has 0 unspecified atom stereocenters. The molecule has 18 heteroatoms. The summed E-state index contributed by atoms with van der Waals surface area (Å²) in [6.07, 6.45) is 0. The zero-order valence-electron chi connectivity index (χ0n) is 18.5. The van der Waals surface area contributed by atoms with Crippen LogP contribution in [0.15, 0.2) is 40.0 Å². The Bertz CT molecular complexity index is 1280. The Morgan fingerprint density at radius 3 is 2.56 bits per heavy atom. The van der Waals surface area contributed by atoms with Crippen LogP contribution in [-0.2, 0) is 29.1 Å². The first-order valence-corrected chi connectivity index (χ1v) is 12.2. The van der Waals surface area contributed by atoms with Crippen LogP contribution in [0.2, 0.25) is 0 Å². The minimum absolute atomic E-state index is 0.0423. The SMILES string of the molecule is C[C@H]1[C@H](NC(=O)/C(=N\OCCOc2ccc(/C(N)=N/O)cc2)c2csc(N)n2)C(=O)N1OS(=O)(=O)O. The number of carbonyl (C=O) groups is 2. The number of amides is 2. The molecule has 1 aromatic heterocycles. The van der Waals surface area contributed by atoms with Crippen LogP contribution in [-0.4, -0.2) is 76.9 Å². The minimum atomic E-state index is -4.91. The average Bonchev–Trinajstić information content (AvgIpc) is 3.27. The molecule has 0 aliphatic carbocycles. The molecule has 1 aromatic carbocycles. The van der Waals surface area contributed by atoms with Gasteiger partial charge in [0.1, 0.15) is 24.1 Å². The van der Waals surface area contributed by atoms with E-state index in [-0.39, 0.29) is 35.6 Å². The quantitative estimate of drug-likeness (QED) is 0.0439. The number of nitrogens with zero attached hydrogens (tertiary/aromatic N) is 4. The van der Waals surface area contributed by atoms with Crippen molar-refractivity contribution in [2.45, 2.75) is 19.0 Å². The highest BCUT2D eigenvalue weighted by Gasteiger charge is 2.49. The van der Waals surface area contributed by atoms with Crippen molar-refractivity contribution in [2.75, 3.05) is 18.9 Å². The summed E-state index contributed by atoms with van der Waals surface area (Å²) in [5.74, 6) is -1.34. The maximum Gasteiger partial charge on any atom is 0.418 e. The second-order valence-electron chi connectivity index (χ2n) is 7.06. The van der Waals surface area contributed by atoms with Crippen molar-refractivity contribution in [3.05, 3.63) is 40.9 Å². The van der Waals surface area contributed by atoms with Gasteiger partial charge in [0, 0.05) is 10.9 Å². The molecule has 2 atom stereocenters. The average molecular weight is 544 g/mol. The van der Waals surface area contributed by atoms with Gasteiger partial charge in [-0.3, -0.25) is 14.1 Å². The number of carbonyl (C=O) groups excluding carboxylic acids is 2. The van der Waals surface area contributed by atoms with Crippen LogP contribution in [0.1, 0.15) is 18.2 Å². The van der Waals surface area contributed by atoms with Gasteiger partial charge in [-0.05, 0) is 31.2 Å². The van der Waals surface area contributed by atoms with Gasteiger partial charge in [0.15, 0.2) is 23.3 Å². The third-order valence-electron chi connectivity index (χ3n) is 4.63. The zero-order chi connectivity index (χ0) is 26.5. The molecule has 194 valence electrons. The van der Waals surface area contributed by atoms with E-state index in [1.54, 1.807) is 24.3 Å². The molecule has 2 amide bonds. The van der Waals surface area contributed by atoms with Gasteiger partial charge in [-0.1, -0.05) is 10.3 Å². The highest BCUT2D eigenvalue weighted by Crippen LogP contribution is 2.22. The third-order valence-corrected chi connectivity index (χ3v) is 5.66. The maximum absolute atomic E-state index is 12.8. The van der Waals surface area contributed by atoms with Crippen LogP contribution in [0.5, 0.6) is 5.75 Å². The van der Waals surface area contributed by atoms with E-state index >= 15 is 0 Å². The van der Waals surface area contributed by atoms with E-state index in [2.05, 4.69) is 24.9 Å². The number of rotatable bonds is 11. The number of hydrogen-bond donors (Lipinski definition) is 5. The number of thiazole rings is 1. The number of ether oxygens (including phenoxy) is 1. The van der Waals surface area contributed by atoms with Crippen molar-refractivity contribution < 1.29 is 41.6 Å². The second kappa shape index (κ2) is 11.2. The number of nitrogens with one attached hydrogen (secondary N) is 1. The van der Waals surface area contributed by atoms with E-state index in [1.165, 1.54) is 12.3 Å². The molecule has 1 aliphatic rings. The minimum Gasteiger partial charge on any atom is -0.490 e. The summed E-state index contributed by atoms with van der Waals surface area (Å²) in [5, 5.41) is 19.8. The Morgan fingerprint density at radius 2 is 2.00 bits per heavy atom. The Morgan fingerprint density at radius 1 is 1.31 bits per heavy atom. The monoisotopic (exact) mass is 543 g/mol. The van der Waals surface area contributed by atoms with Gasteiger partial charge in [0.25, 0.3) is 11.8 Å². The highest BCUT2D eigenvalue weighted by atomic mass is 32.3. The lowest BCUT2D eigenvalue weighted by Gasteiger charge is -2.42. The maximum atomic E-state index is 12.8. The fourth-order valence-corrected chi connectivity index (χ4v) is 3.84. The van der Waals surface area contributed by atoms with E-state index in [0.717, 1.165) is 11.3 Å². The van der Waals surface area contributed by atoms with Crippen molar-refractivity contribution in [2.24, 2.45) is 16.0 Å². The number of amidine groups is 1. The van der Waals surface area contributed by atoms with Gasteiger partial charge in [0.05, 0.1) is 6.04 Å². The molecule has 36 heavy (non-hydrogen) atoms. The molecule has 16 nitrogen and oxygen atoms in total. The van der Waals surface area contributed by atoms with Gasteiger partial charge in [0.2, 0.25) is 0 Å². The molecule has 1 fully saturated rings. The summed E-state index contributed by atoms with van der Waals surface area (Å²) in [6.45, 7) is 1.36. The summed E-state index contributed by atoms with van der Waals surface area (Å²) in [4.78, 5) is 34.1. The van der Waals surface area contributed by atoms with E-state index in [0.29, 0.717) is 16.4 Å². The second-order valence-corrected chi connectivity index (χ2v) is 8.95. The predicted molar refractivity (Wildman–Crippen MR) is 124 cm³/mol. The van der Waals surface area contributed by atoms with Gasteiger partial charge < -0.3 is 31.6 Å². The first-order valence-electron chi connectivity index (χ1n) is 9.93. The molecule has 2 heterocycles. The topological polar surface area (TPSA) is 241 Å². The largest absolute Gasteiger partial charge is 0.490 e. The number of benzene rings is 1. The Balaban J connectivity index is 1.59. The number of aromatic nitrogens is 1. The lowest BCUT2D eigenvalue weighted by molar-refractivity contribution is -0.196. The molecule has 0 saturated carbocycles. The van der Waals surface area contributed by atoms with Crippen molar-refractivity contribution in [3.63, 3.8) is 0 Å². The van der Waals surface area contributed by atoms with E-state index in [9.17, 15) is 18.0 Å². The summed E-state index contributed by atoms with van der Waals surface area (Å²) in [6, 6.07) is 4.30. The van der Waals surface area contributed by atoms with Crippen LogP contribution < -0.4 is 21.5 Å². The summed E-state index contributed by atoms with van der Waals surface area (Å²) in [5.41, 5.74) is 11.4. The van der Waals surface area contributed by atoms with Gasteiger partial charge in [-0.2, -0.15) is 13.5 Å². The van der Waals surface area contributed by atoms with Gasteiger partial charge in [-0.15, -0.1) is 15.6 Å². The summed E-state index contributed by atoms with van der Waals surface area (Å²) in [7, 11) is -4.91. The molecule has 0 radical (unpaired) electrons. The van der Waals surface area contributed by atoms with E-state index < -0.39 is 34.3 Å². The fraction of sp³-hybridized carbons (Fsp3) is 0.278. The Hall–Kier alpha value is -4.00. The van der Waals surface area contributed by atoms with E-state index in [1.807, 2.05) is 0 Å². The standard InChI is InChI=1S/C18H21N7O9S2/c1-9-13(17(27)25(9)34-36(29,30)31)22-16(26)14(12-8-35-18(20)21-12)24-33-7-6-32-11-4-2-10(3-5-11)15(19)23-28/h2-5,8-9,13,28H,6-7H2,1H3,(H2,19,23)(H2,20,21)(H,22,26)(H,29,30,31)/b24-14-/t9-,13-/m0/s1. The van der Waals surface area contributed by atoms with Gasteiger partial charge >= 0.3 is 10.4 Å². The zero-order valence-corrected chi connectivity index (χ0v) is 20.1. The van der Waals surface area contributed by atoms with Crippen LogP contribution in [0.25, 0.3) is 0 Å². The first kappa shape index (κ1) is 26.6. The molecule has 0 spiro atoms. The number of oxime groups is 2. The van der Waals surface area contributed by atoms with Crippen molar-refractivity contribution in [3.8, 4) is 5.75 Å².